The van der Waals surface area contributed by atoms with E-state index in [1.54, 1.807) is 0 Å². The van der Waals surface area contributed by atoms with Crippen LogP contribution in [0, 0.1) is 57.3 Å². The Morgan fingerprint density at radius 3 is 2.31 bits per heavy atom. The first-order chi connectivity index (χ1) is 16.2. The Kier molecular flexibility index (Phi) is 5.02. The van der Waals surface area contributed by atoms with Gasteiger partial charge in [0.1, 0.15) is 0 Å². The van der Waals surface area contributed by atoms with Crippen LogP contribution in [0.25, 0.3) is 4.85 Å². The zero-order chi connectivity index (χ0) is 25.8. The van der Waals surface area contributed by atoms with E-state index in [-0.39, 0.29) is 63.1 Å². The Labute approximate surface area is 209 Å². The fraction of sp³-hybridized carbons (Fsp3) is 0.733. The highest BCUT2D eigenvalue weighted by atomic mass is 16.1. The fourth-order valence-corrected chi connectivity index (χ4v) is 9.66. The number of Topliss-reactive ketones (excluding diaryl/α,β-unsaturated/α-hetero) is 1. The molecule has 0 aromatic heterocycles. The first kappa shape index (κ1) is 24.5. The minimum atomic E-state index is -0.596. The molecule has 5 heteroatoms. The van der Waals surface area contributed by atoms with Crippen molar-refractivity contribution in [3.8, 4) is 0 Å². The third kappa shape index (κ3) is 2.89. The van der Waals surface area contributed by atoms with Gasteiger partial charge in [0.15, 0.2) is 11.6 Å². The van der Waals surface area contributed by atoms with Crippen molar-refractivity contribution in [2.75, 3.05) is 0 Å². The van der Waals surface area contributed by atoms with Gasteiger partial charge in [-0.25, -0.2) is 4.85 Å². The second-order valence-corrected chi connectivity index (χ2v) is 13.9. The molecule has 0 saturated heterocycles. The van der Waals surface area contributed by atoms with Crippen LogP contribution in [0.15, 0.2) is 23.4 Å². The predicted octanol–water partition coefficient (Wildman–Crippen LogP) is 5.65. The monoisotopic (exact) mass is 476 g/mol. The average Bonchev–Trinajstić information content (AvgIpc) is 2.77. The third-order valence-electron chi connectivity index (χ3n) is 12.0. The molecule has 5 nitrogen and oxygen atoms in total. The number of amides is 1. The molecular weight excluding hydrogens is 436 g/mol. The molecule has 5 aliphatic carbocycles. The van der Waals surface area contributed by atoms with Crippen LogP contribution in [-0.4, -0.2) is 17.5 Å². The van der Waals surface area contributed by atoms with Gasteiger partial charge in [-0.3, -0.25) is 9.59 Å². The van der Waals surface area contributed by atoms with E-state index < -0.39 is 10.8 Å². The summed E-state index contributed by atoms with van der Waals surface area (Å²) in [6.07, 6.45) is 9.68. The van der Waals surface area contributed by atoms with E-state index in [0.29, 0.717) is 0 Å². The molecule has 0 spiro atoms. The van der Waals surface area contributed by atoms with Gasteiger partial charge in [-0.05, 0) is 79.1 Å². The van der Waals surface area contributed by atoms with Crippen molar-refractivity contribution in [3.05, 3.63) is 34.8 Å². The minimum Gasteiger partial charge on any atom is -0.369 e. The highest BCUT2D eigenvalue weighted by Crippen LogP contribution is 2.73. The number of hydrogen-bond donors (Lipinski definition) is 1. The number of allylic oxidation sites excluding steroid dienone is 4. The normalized spacial score (nSPS) is 48.3. The van der Waals surface area contributed by atoms with Crippen LogP contribution in [0.5, 0.6) is 0 Å². The van der Waals surface area contributed by atoms with E-state index in [1.807, 2.05) is 19.1 Å². The zero-order valence-corrected chi connectivity index (χ0v) is 22.2. The van der Waals surface area contributed by atoms with E-state index in [2.05, 4.69) is 39.5 Å². The highest BCUT2D eigenvalue weighted by Gasteiger charge is 2.69. The Hall–Kier alpha value is -2.22. The largest absolute Gasteiger partial charge is 0.369 e. The molecule has 35 heavy (non-hydrogen) atoms. The summed E-state index contributed by atoms with van der Waals surface area (Å²) >= 11 is 0. The first-order valence-corrected chi connectivity index (χ1v) is 13.4. The summed E-state index contributed by atoms with van der Waals surface area (Å²) in [7, 11) is 0. The summed E-state index contributed by atoms with van der Waals surface area (Å²) < 4.78 is 0. The lowest BCUT2D eigenvalue weighted by Gasteiger charge is -2.68. The van der Waals surface area contributed by atoms with Gasteiger partial charge in [0.2, 0.25) is 11.6 Å². The SMILES string of the molecule is [C-]#[N+]C1=C[C@]2(C)C3=CC(=O)[C@@H]4[C@@H]5CC(C)(C)CC[C@]5(C(N)=O)CC[C@@]4(C)[C@]3(C)CC[C@H]2[C@H](C)C1=O. The van der Waals surface area contributed by atoms with Crippen LogP contribution >= 0.6 is 0 Å². The molecule has 3 saturated carbocycles. The van der Waals surface area contributed by atoms with Crippen molar-refractivity contribution < 1.29 is 14.4 Å². The van der Waals surface area contributed by atoms with Crippen LogP contribution in [-0.2, 0) is 14.4 Å². The lowest BCUT2D eigenvalue weighted by Crippen LogP contribution is -2.65. The van der Waals surface area contributed by atoms with Crippen LogP contribution in [0.4, 0.5) is 0 Å². The fourth-order valence-electron chi connectivity index (χ4n) is 9.66. The molecule has 0 aromatic rings. The molecule has 5 aliphatic rings. The third-order valence-corrected chi connectivity index (χ3v) is 12.0. The molecular formula is C30H40N2O3. The number of primary amides is 1. The van der Waals surface area contributed by atoms with Crippen molar-refractivity contribution in [2.45, 2.75) is 86.5 Å². The molecule has 8 atom stereocenters. The summed E-state index contributed by atoms with van der Waals surface area (Å²) in [5, 5.41) is 0. The smallest absolute Gasteiger partial charge is 0.226 e. The van der Waals surface area contributed by atoms with E-state index in [0.717, 1.165) is 50.5 Å². The maximum atomic E-state index is 14.2. The van der Waals surface area contributed by atoms with Crippen molar-refractivity contribution in [1.82, 2.24) is 0 Å². The van der Waals surface area contributed by atoms with Crippen molar-refractivity contribution in [1.29, 1.82) is 0 Å². The van der Waals surface area contributed by atoms with E-state index >= 15 is 0 Å². The standard InChI is InChI=1S/C30H40N2O3/c1-17-18-8-9-28(5)22(27(18,4)16-20(32-7)24(17)34)14-21(33)23-19-15-26(2,3)10-12-30(19,25(31)35)13-11-29(23,28)6/h14,16-19,23H,8-13,15H2,1-6H3,(H2,31,35)/t17-,18-,19-,23-,27-,28+,29+,30-/m0/s1. The summed E-state index contributed by atoms with van der Waals surface area (Å²) in [4.78, 5) is 43.6. The van der Waals surface area contributed by atoms with Gasteiger partial charge in [0, 0.05) is 17.3 Å². The predicted molar refractivity (Wildman–Crippen MR) is 134 cm³/mol. The maximum Gasteiger partial charge on any atom is 0.226 e. The van der Waals surface area contributed by atoms with Crippen LogP contribution in [0.1, 0.15) is 86.5 Å². The molecule has 0 aromatic carbocycles. The highest BCUT2D eigenvalue weighted by molar-refractivity contribution is 6.01. The van der Waals surface area contributed by atoms with E-state index in [9.17, 15) is 14.4 Å². The molecule has 0 aliphatic heterocycles. The zero-order valence-electron chi connectivity index (χ0n) is 22.2. The van der Waals surface area contributed by atoms with Gasteiger partial charge < -0.3 is 10.5 Å². The summed E-state index contributed by atoms with van der Waals surface area (Å²) in [5.74, 6) is -0.584. The second kappa shape index (κ2) is 7.17. The molecule has 0 radical (unpaired) electrons. The lowest BCUT2D eigenvalue weighted by atomic mass is 9.35. The van der Waals surface area contributed by atoms with Crippen molar-refractivity contribution in [2.24, 2.45) is 56.5 Å². The van der Waals surface area contributed by atoms with Crippen LogP contribution in [0.3, 0.4) is 0 Å². The van der Waals surface area contributed by atoms with Crippen LogP contribution < -0.4 is 5.73 Å². The van der Waals surface area contributed by atoms with Gasteiger partial charge in [-0.1, -0.05) is 53.2 Å². The number of nitrogens with zero attached hydrogens (tertiary/aromatic N) is 1. The van der Waals surface area contributed by atoms with Crippen molar-refractivity contribution in [3.63, 3.8) is 0 Å². The van der Waals surface area contributed by atoms with Gasteiger partial charge in [-0.2, -0.15) is 0 Å². The number of fused-ring (bicyclic) bond motifs is 7. The summed E-state index contributed by atoms with van der Waals surface area (Å²) in [6.45, 7) is 20.8. The molecule has 0 bridgehead atoms. The van der Waals surface area contributed by atoms with E-state index in [4.69, 9.17) is 12.3 Å². The molecule has 0 unspecified atom stereocenters. The number of nitrogens with two attached hydrogens (primary N) is 1. The number of ketones is 2. The molecule has 3 fully saturated rings. The molecule has 188 valence electrons. The Bertz CT molecular complexity index is 1140. The summed E-state index contributed by atoms with van der Waals surface area (Å²) in [5.41, 5.74) is 5.87. The topological polar surface area (TPSA) is 81.6 Å². The molecule has 0 heterocycles. The molecule has 5 rings (SSSR count). The number of rotatable bonds is 1. The van der Waals surface area contributed by atoms with Gasteiger partial charge >= 0.3 is 0 Å². The van der Waals surface area contributed by atoms with Gasteiger partial charge in [0.05, 0.1) is 12.0 Å². The number of carbonyl (C=O) groups is 3. The minimum absolute atomic E-state index is 0.0450. The Morgan fingerprint density at radius 1 is 1.03 bits per heavy atom. The summed E-state index contributed by atoms with van der Waals surface area (Å²) in [6, 6.07) is 0. The van der Waals surface area contributed by atoms with Gasteiger partial charge in [-0.15, -0.1) is 0 Å². The van der Waals surface area contributed by atoms with Crippen LogP contribution in [0.2, 0.25) is 0 Å². The molecule has 2 N–H and O–H groups in total. The average molecular weight is 477 g/mol. The number of hydrogen-bond acceptors (Lipinski definition) is 3. The maximum absolute atomic E-state index is 14.2. The van der Waals surface area contributed by atoms with E-state index in [1.165, 1.54) is 0 Å². The second-order valence-electron chi connectivity index (χ2n) is 13.9. The first-order valence-electron chi connectivity index (χ1n) is 13.4. The number of carbonyl (C=O) groups excluding carboxylic acids is 3. The van der Waals surface area contributed by atoms with Crippen molar-refractivity contribution >= 4 is 17.5 Å². The molecule has 1 amide bonds. The quantitative estimate of drug-likeness (QED) is 0.496. The lowest BCUT2D eigenvalue weighted by molar-refractivity contribution is -0.175. The van der Waals surface area contributed by atoms with Gasteiger partial charge in [0.25, 0.3) is 0 Å². The Balaban J connectivity index is 1.70. The Morgan fingerprint density at radius 2 is 1.69 bits per heavy atom.